The number of anilines is 2. The summed E-state index contributed by atoms with van der Waals surface area (Å²) in [7, 11) is 1.11. The van der Waals surface area contributed by atoms with Crippen molar-refractivity contribution in [3.63, 3.8) is 0 Å². The Morgan fingerprint density at radius 1 is 1.11 bits per heavy atom. The molecule has 3 N–H and O–H groups in total. The molecule has 286 valence electrons. The van der Waals surface area contributed by atoms with Gasteiger partial charge in [0.15, 0.2) is 17.4 Å². The lowest BCUT2D eigenvalue weighted by atomic mass is 9.96. The zero-order valence-electron chi connectivity index (χ0n) is 29.2. The summed E-state index contributed by atoms with van der Waals surface area (Å²) in [5, 5.41) is 31.5. The molecule has 54 heavy (non-hydrogen) atoms. The van der Waals surface area contributed by atoms with Crippen molar-refractivity contribution in [2.24, 2.45) is 5.41 Å². The number of nitrogens with one attached hydrogen (secondary N) is 1. The fourth-order valence-corrected chi connectivity index (χ4v) is 8.34. The maximum absolute atomic E-state index is 17.2. The second kappa shape index (κ2) is 13.0. The molecule has 2 aromatic heterocycles. The van der Waals surface area contributed by atoms with Crippen molar-refractivity contribution in [2.75, 3.05) is 43.6 Å². The highest BCUT2D eigenvalue weighted by Gasteiger charge is 2.71. The van der Waals surface area contributed by atoms with Crippen LogP contribution in [0.2, 0.25) is 0 Å². The molecule has 0 radical (unpaired) electrons. The molecule has 1 saturated carbocycles. The number of nitrogens with zero attached hydrogens (tertiary/aromatic N) is 5. The van der Waals surface area contributed by atoms with E-state index in [1.165, 1.54) is 4.90 Å². The van der Waals surface area contributed by atoms with E-state index >= 15 is 13.2 Å². The third-order valence-electron chi connectivity index (χ3n) is 9.93. The number of fused-ring (bicyclic) bond motifs is 4. The molecule has 1 aliphatic carbocycles. The van der Waals surface area contributed by atoms with E-state index in [0.29, 0.717) is 24.2 Å². The predicted octanol–water partition coefficient (Wildman–Crippen LogP) is 6.88. The Labute approximate surface area is 307 Å². The van der Waals surface area contributed by atoms with E-state index in [9.17, 15) is 33.8 Å². The number of hydrogen-bond acceptors (Lipinski definition) is 11. The van der Waals surface area contributed by atoms with Crippen molar-refractivity contribution in [3.8, 4) is 29.0 Å². The molecule has 19 heteroatoms. The molecule has 2 saturated heterocycles. The zero-order valence-corrected chi connectivity index (χ0v) is 30.0. The summed E-state index contributed by atoms with van der Waals surface area (Å²) in [6.07, 6.45) is -1.75. The Morgan fingerprint density at radius 2 is 1.78 bits per heavy atom. The van der Waals surface area contributed by atoms with E-state index in [4.69, 9.17) is 14.2 Å². The van der Waals surface area contributed by atoms with Gasteiger partial charge in [0.2, 0.25) is 0 Å². The molecule has 4 aromatic rings. The molecule has 2 aromatic carbocycles. The Bertz CT molecular complexity index is 2260. The van der Waals surface area contributed by atoms with Gasteiger partial charge in [-0.05, 0) is 45.2 Å². The fraction of sp³-hybridized carbons (Fsp3) is 0.457. The van der Waals surface area contributed by atoms with Crippen LogP contribution in [0.25, 0.3) is 32.1 Å². The van der Waals surface area contributed by atoms with Crippen LogP contribution < -0.4 is 19.7 Å². The van der Waals surface area contributed by atoms with Crippen LogP contribution in [0, 0.1) is 34.2 Å². The van der Waals surface area contributed by atoms with Gasteiger partial charge in [0.25, 0.3) is 5.92 Å². The Balaban J connectivity index is 1.43. The normalized spacial score (nSPS) is 21.6. The maximum Gasteiger partial charge on any atom is 0.412 e. The monoisotopic (exact) mass is 776 g/mol. The van der Waals surface area contributed by atoms with Crippen LogP contribution in [0.5, 0.6) is 11.8 Å². The van der Waals surface area contributed by atoms with Gasteiger partial charge in [-0.15, -0.1) is 11.3 Å². The van der Waals surface area contributed by atoms with Gasteiger partial charge in [-0.2, -0.15) is 15.2 Å². The minimum atomic E-state index is -3.25. The van der Waals surface area contributed by atoms with Gasteiger partial charge >= 0.3 is 18.2 Å². The zero-order chi connectivity index (χ0) is 39.1. The number of hydrogen-bond donors (Lipinski definition) is 3. The summed E-state index contributed by atoms with van der Waals surface area (Å²) in [4.78, 5) is 36.1. The molecule has 7 rings (SSSR count). The standard InChI is InChI=1S/C35H33F5N6O7S/c1-33(2,3)53-31(48)44-29-18(9-41)20-17(7-8-19(36)27(20)54-29)21-23(37)25-22(26(51-4)24(21)38)28(45-10-15-5-6-16(11-45)46(15)32(49)50)43-30(42-25)52-14-34(13-47)12-35(34,39)40/h7-8,15-16,47H,5-6,10-14H2,1-4H3,(H,44,48)(H,49,50). The summed E-state index contributed by atoms with van der Waals surface area (Å²) < 4.78 is 94.1. The first-order valence-corrected chi connectivity index (χ1v) is 17.6. The number of halogens is 5. The first kappa shape index (κ1) is 37.1. The van der Waals surface area contributed by atoms with Crippen molar-refractivity contribution in [1.82, 2.24) is 14.9 Å². The van der Waals surface area contributed by atoms with E-state index in [1.807, 2.05) is 6.07 Å². The number of rotatable bonds is 8. The maximum atomic E-state index is 17.2. The van der Waals surface area contributed by atoms with Crippen LogP contribution in [-0.2, 0) is 4.74 Å². The largest absolute Gasteiger partial charge is 0.493 e. The van der Waals surface area contributed by atoms with Crippen molar-refractivity contribution in [2.45, 2.75) is 63.6 Å². The molecule has 3 fully saturated rings. The first-order valence-electron chi connectivity index (χ1n) is 16.7. The van der Waals surface area contributed by atoms with E-state index in [-0.39, 0.29) is 50.5 Å². The lowest BCUT2D eigenvalue weighted by molar-refractivity contribution is 0.0126. The second-order valence-corrected chi connectivity index (χ2v) is 15.5. The summed E-state index contributed by atoms with van der Waals surface area (Å²) in [5.74, 6) is -7.40. The van der Waals surface area contributed by atoms with Gasteiger partial charge in [0.1, 0.15) is 40.4 Å². The number of methoxy groups -OCH3 is 1. The number of piperazine rings is 1. The average molecular weight is 777 g/mol. The van der Waals surface area contributed by atoms with Gasteiger partial charge in [-0.25, -0.2) is 31.5 Å². The molecule has 2 aliphatic heterocycles. The number of thiophene rings is 1. The van der Waals surface area contributed by atoms with Gasteiger partial charge in [-0.1, -0.05) is 6.07 Å². The molecular weight excluding hydrogens is 743 g/mol. The lowest BCUT2D eigenvalue weighted by Gasteiger charge is -2.40. The van der Waals surface area contributed by atoms with E-state index in [2.05, 4.69) is 15.3 Å². The van der Waals surface area contributed by atoms with Crippen molar-refractivity contribution >= 4 is 55.3 Å². The number of nitriles is 1. The summed E-state index contributed by atoms with van der Waals surface area (Å²) in [6.45, 7) is 3.25. The van der Waals surface area contributed by atoms with Crippen LogP contribution in [0.4, 0.5) is 42.4 Å². The third-order valence-corrected chi connectivity index (χ3v) is 11.0. The average Bonchev–Trinajstić information content (AvgIpc) is 3.31. The van der Waals surface area contributed by atoms with Crippen LogP contribution >= 0.6 is 11.3 Å². The summed E-state index contributed by atoms with van der Waals surface area (Å²) in [6, 6.07) is 2.27. The molecule has 4 heterocycles. The number of amides is 2. The van der Waals surface area contributed by atoms with Gasteiger partial charge < -0.3 is 29.3 Å². The van der Waals surface area contributed by atoms with Gasteiger partial charge in [0.05, 0.1) is 52.4 Å². The number of carbonyl (C=O) groups is 2. The predicted molar refractivity (Wildman–Crippen MR) is 185 cm³/mol. The smallest absolute Gasteiger partial charge is 0.412 e. The highest BCUT2D eigenvalue weighted by atomic mass is 32.1. The molecule has 0 spiro atoms. The van der Waals surface area contributed by atoms with E-state index in [1.54, 1.807) is 25.7 Å². The van der Waals surface area contributed by atoms with E-state index < -0.39 is 101 Å². The number of benzene rings is 2. The highest BCUT2D eigenvalue weighted by Crippen LogP contribution is 2.60. The van der Waals surface area contributed by atoms with Crippen LogP contribution in [0.1, 0.15) is 45.6 Å². The van der Waals surface area contributed by atoms with Gasteiger partial charge in [-0.3, -0.25) is 10.2 Å². The highest BCUT2D eigenvalue weighted by molar-refractivity contribution is 7.23. The Morgan fingerprint density at radius 3 is 2.33 bits per heavy atom. The minimum Gasteiger partial charge on any atom is -0.493 e. The number of carboxylic acid groups (broad SMARTS) is 1. The van der Waals surface area contributed by atoms with Crippen LogP contribution in [0.15, 0.2) is 12.1 Å². The first-order chi connectivity index (χ1) is 25.4. The molecule has 3 atom stereocenters. The number of aliphatic hydroxyl groups excluding tert-OH is 1. The number of alkyl halides is 2. The molecule has 3 unspecified atom stereocenters. The Kier molecular flexibility index (Phi) is 8.91. The summed E-state index contributed by atoms with van der Waals surface area (Å²) in [5.41, 5.74) is -4.86. The molecule has 13 nitrogen and oxygen atoms in total. The minimum absolute atomic E-state index is 0.0492. The van der Waals surface area contributed by atoms with E-state index in [0.717, 1.165) is 19.2 Å². The van der Waals surface area contributed by atoms with Crippen LogP contribution in [0.3, 0.4) is 0 Å². The number of ether oxygens (including phenoxy) is 3. The van der Waals surface area contributed by atoms with Crippen molar-refractivity contribution in [1.29, 1.82) is 5.26 Å². The molecular formula is C35H33F5N6O7S. The lowest BCUT2D eigenvalue weighted by Crippen LogP contribution is -2.55. The molecule has 2 bridgehead atoms. The quantitative estimate of drug-likeness (QED) is 0.159. The topological polar surface area (TPSA) is 170 Å². The fourth-order valence-electron chi connectivity index (χ4n) is 7.27. The van der Waals surface area contributed by atoms with Crippen LogP contribution in [-0.4, -0.2) is 94.3 Å². The second-order valence-electron chi connectivity index (χ2n) is 14.5. The van der Waals surface area contributed by atoms with Gasteiger partial charge in [0, 0.05) is 24.9 Å². The number of carbonyl (C=O) groups excluding carboxylic acids is 1. The van der Waals surface area contributed by atoms with Crippen molar-refractivity contribution < 1.29 is 56.0 Å². The third kappa shape index (κ3) is 6.00. The molecule has 2 amide bonds. The SMILES string of the molecule is COc1c(F)c(-c2ccc(F)c3sc(NC(=O)OC(C)(C)C)c(C#N)c23)c(F)c2nc(OCC3(CO)CC3(F)F)nc(N3CC4CCC(C3)N4C(=O)O)c12. The molecule has 3 aliphatic rings. The Hall–Kier alpha value is -5.22. The summed E-state index contributed by atoms with van der Waals surface area (Å²) >= 11 is 0.647. The number of aliphatic hydroxyl groups is 1. The number of aromatic nitrogens is 2. The van der Waals surface area contributed by atoms with Crippen molar-refractivity contribution in [3.05, 3.63) is 35.1 Å².